The summed E-state index contributed by atoms with van der Waals surface area (Å²) in [4.78, 5) is 0.0133. The van der Waals surface area contributed by atoms with E-state index in [-0.39, 0.29) is 33.2 Å². The van der Waals surface area contributed by atoms with Crippen molar-refractivity contribution >= 4 is 43.2 Å². The molecule has 0 aliphatic rings. The Morgan fingerprint density at radius 1 is 1.42 bits per heavy atom. The molecule has 1 aromatic rings. The van der Waals surface area contributed by atoms with Gasteiger partial charge in [-0.25, -0.2) is 8.42 Å². The number of hydrogen-bond donors (Lipinski definition) is 2. The van der Waals surface area contributed by atoms with Gasteiger partial charge in [-0.15, -0.1) is 0 Å². The van der Waals surface area contributed by atoms with E-state index in [1.165, 1.54) is 16.4 Å². The maximum Gasteiger partial charge on any atom is 0.244 e. The molecule has 0 saturated carbocycles. The highest BCUT2D eigenvalue weighted by Crippen LogP contribution is 2.33. The molecule has 0 aliphatic carbocycles. The lowest BCUT2D eigenvalue weighted by Gasteiger charge is -2.21. The monoisotopic (exact) mass is 370 g/mol. The van der Waals surface area contributed by atoms with Gasteiger partial charge in [0.25, 0.3) is 0 Å². The number of nitrogens with zero attached hydrogens (tertiary/aromatic N) is 1. The lowest BCUT2D eigenvalue weighted by Crippen LogP contribution is -2.34. The van der Waals surface area contributed by atoms with Crippen LogP contribution in [0.5, 0.6) is 0 Å². The van der Waals surface area contributed by atoms with E-state index in [1.54, 1.807) is 0 Å². The van der Waals surface area contributed by atoms with Gasteiger partial charge in [0.15, 0.2) is 0 Å². The highest BCUT2D eigenvalue weighted by molar-refractivity contribution is 9.10. The minimum atomic E-state index is -3.74. The number of aliphatic hydroxyl groups is 1. The van der Waals surface area contributed by atoms with Gasteiger partial charge >= 0.3 is 0 Å². The third kappa shape index (κ3) is 3.82. The third-order valence-corrected chi connectivity index (χ3v) is 5.76. The van der Waals surface area contributed by atoms with Gasteiger partial charge in [-0.05, 0) is 34.5 Å². The van der Waals surface area contributed by atoms with Crippen molar-refractivity contribution < 1.29 is 13.5 Å². The van der Waals surface area contributed by atoms with Crippen LogP contribution >= 0.6 is 27.5 Å². The Morgan fingerprint density at radius 2 is 2.05 bits per heavy atom. The molecule has 19 heavy (non-hydrogen) atoms. The normalized spacial score (nSPS) is 12.1. The zero-order chi connectivity index (χ0) is 14.6. The molecule has 0 bridgehead atoms. The summed E-state index contributed by atoms with van der Waals surface area (Å²) in [5, 5.41) is 9.23. The van der Waals surface area contributed by atoms with Gasteiger partial charge < -0.3 is 10.8 Å². The average Bonchev–Trinajstić information content (AvgIpc) is 2.33. The predicted octanol–water partition coefficient (Wildman–Crippen LogP) is 2.08. The molecule has 0 amide bonds. The van der Waals surface area contributed by atoms with Crippen molar-refractivity contribution in [1.29, 1.82) is 0 Å². The summed E-state index contributed by atoms with van der Waals surface area (Å²) in [6.45, 7) is 1.98. The van der Waals surface area contributed by atoms with Crippen LogP contribution in [0.2, 0.25) is 5.02 Å². The molecule has 3 N–H and O–H groups in total. The number of benzene rings is 1. The van der Waals surface area contributed by atoms with Crippen LogP contribution in [0.4, 0.5) is 5.69 Å². The summed E-state index contributed by atoms with van der Waals surface area (Å²) in [7, 11) is -3.74. The Labute approximate surface area is 126 Å². The molecule has 0 spiro atoms. The van der Waals surface area contributed by atoms with E-state index in [2.05, 4.69) is 15.9 Å². The van der Waals surface area contributed by atoms with Crippen molar-refractivity contribution in [3.63, 3.8) is 0 Å². The SMILES string of the molecule is CCCN(CCO)S(=O)(=O)c1cc(Cl)cc(N)c1Br. The van der Waals surface area contributed by atoms with Crippen molar-refractivity contribution in [2.24, 2.45) is 0 Å². The van der Waals surface area contributed by atoms with Crippen LogP contribution in [0.3, 0.4) is 0 Å². The van der Waals surface area contributed by atoms with Gasteiger partial charge in [0.2, 0.25) is 10.0 Å². The zero-order valence-corrected chi connectivity index (χ0v) is 13.6. The Bertz CT molecular complexity index is 545. The number of nitrogens with two attached hydrogens (primary N) is 1. The van der Waals surface area contributed by atoms with Gasteiger partial charge in [-0.2, -0.15) is 4.31 Å². The first kappa shape index (κ1) is 16.7. The molecular formula is C11H16BrClN2O3S. The van der Waals surface area contributed by atoms with E-state index in [0.29, 0.717) is 13.0 Å². The third-order valence-electron chi connectivity index (χ3n) is 2.47. The molecule has 108 valence electrons. The second-order valence-corrected chi connectivity index (χ2v) is 7.07. The fourth-order valence-electron chi connectivity index (χ4n) is 1.62. The van der Waals surface area contributed by atoms with E-state index >= 15 is 0 Å². The molecular weight excluding hydrogens is 356 g/mol. The second kappa shape index (κ2) is 6.90. The van der Waals surface area contributed by atoms with Crippen LogP contribution in [0, 0.1) is 0 Å². The minimum absolute atomic E-state index is 0.0133. The second-order valence-electron chi connectivity index (χ2n) is 3.93. The van der Waals surface area contributed by atoms with E-state index < -0.39 is 10.0 Å². The largest absolute Gasteiger partial charge is 0.398 e. The summed E-state index contributed by atoms with van der Waals surface area (Å²) in [5.41, 5.74) is 5.96. The number of rotatable bonds is 6. The Hall–Kier alpha value is -0.340. The zero-order valence-electron chi connectivity index (χ0n) is 10.4. The van der Waals surface area contributed by atoms with E-state index in [9.17, 15) is 8.42 Å². The highest BCUT2D eigenvalue weighted by Gasteiger charge is 2.27. The smallest absolute Gasteiger partial charge is 0.244 e. The minimum Gasteiger partial charge on any atom is -0.398 e. The van der Waals surface area contributed by atoms with Gasteiger partial charge in [0.1, 0.15) is 0 Å². The van der Waals surface area contributed by atoms with Crippen LogP contribution < -0.4 is 5.73 Å². The van der Waals surface area contributed by atoms with E-state index in [4.69, 9.17) is 22.4 Å². The molecule has 1 rings (SSSR count). The van der Waals surface area contributed by atoms with Gasteiger partial charge in [0.05, 0.1) is 16.0 Å². The van der Waals surface area contributed by atoms with Gasteiger partial charge in [-0.3, -0.25) is 0 Å². The van der Waals surface area contributed by atoms with Gasteiger partial charge in [0, 0.05) is 23.8 Å². The van der Waals surface area contributed by atoms with Crippen molar-refractivity contribution in [3.05, 3.63) is 21.6 Å². The lowest BCUT2D eigenvalue weighted by atomic mass is 10.3. The first-order chi connectivity index (χ1) is 8.84. The summed E-state index contributed by atoms with van der Waals surface area (Å²) in [5.74, 6) is 0. The van der Waals surface area contributed by atoms with Crippen LogP contribution in [-0.4, -0.2) is 37.5 Å². The highest BCUT2D eigenvalue weighted by atomic mass is 79.9. The number of anilines is 1. The molecule has 8 heteroatoms. The predicted molar refractivity (Wildman–Crippen MR) is 79.7 cm³/mol. The molecule has 5 nitrogen and oxygen atoms in total. The summed E-state index contributed by atoms with van der Waals surface area (Å²) >= 11 is 9.02. The van der Waals surface area contributed by atoms with E-state index in [0.717, 1.165) is 0 Å². The molecule has 0 aliphatic heterocycles. The topological polar surface area (TPSA) is 83.6 Å². The lowest BCUT2D eigenvalue weighted by molar-refractivity contribution is 0.253. The van der Waals surface area contributed by atoms with Crippen LogP contribution in [0.1, 0.15) is 13.3 Å². The first-order valence-corrected chi connectivity index (χ1v) is 8.31. The number of hydrogen-bond acceptors (Lipinski definition) is 4. The van der Waals surface area contributed by atoms with Crippen LogP contribution in [0.25, 0.3) is 0 Å². The first-order valence-electron chi connectivity index (χ1n) is 5.70. The van der Waals surface area contributed by atoms with Crippen LogP contribution in [0.15, 0.2) is 21.5 Å². The Morgan fingerprint density at radius 3 is 2.58 bits per heavy atom. The van der Waals surface area contributed by atoms with Crippen LogP contribution in [-0.2, 0) is 10.0 Å². The maximum absolute atomic E-state index is 12.5. The van der Waals surface area contributed by atoms with Crippen molar-refractivity contribution in [2.75, 3.05) is 25.4 Å². The summed E-state index contributed by atoms with van der Waals surface area (Å²) < 4.78 is 26.5. The molecule has 1 aromatic carbocycles. The molecule has 0 atom stereocenters. The number of sulfonamides is 1. The molecule has 0 heterocycles. The molecule has 0 aromatic heterocycles. The summed E-state index contributed by atoms with van der Waals surface area (Å²) in [6, 6.07) is 2.82. The quantitative estimate of drug-likeness (QED) is 0.750. The summed E-state index contributed by atoms with van der Waals surface area (Å²) in [6.07, 6.45) is 0.646. The van der Waals surface area contributed by atoms with E-state index in [1.807, 2.05) is 6.92 Å². The standard InChI is InChI=1S/C11H16BrClN2O3S/c1-2-3-15(4-5-16)19(17,18)10-7-8(13)6-9(14)11(10)12/h6-7,16H,2-5,14H2,1H3. The number of halogens is 2. The number of aliphatic hydroxyl groups excluding tert-OH is 1. The maximum atomic E-state index is 12.5. The molecule has 0 saturated heterocycles. The molecule has 0 fully saturated rings. The van der Waals surface area contributed by atoms with Crippen molar-refractivity contribution in [2.45, 2.75) is 18.2 Å². The molecule has 0 radical (unpaired) electrons. The fraction of sp³-hybridized carbons (Fsp3) is 0.455. The van der Waals surface area contributed by atoms with Crippen molar-refractivity contribution in [3.8, 4) is 0 Å². The van der Waals surface area contributed by atoms with Crippen molar-refractivity contribution in [1.82, 2.24) is 4.31 Å². The Balaban J connectivity index is 3.32. The molecule has 0 unspecified atom stereocenters. The van der Waals surface area contributed by atoms with Gasteiger partial charge in [-0.1, -0.05) is 18.5 Å². The Kier molecular flexibility index (Phi) is 6.07. The number of nitrogen functional groups attached to an aromatic ring is 1. The average molecular weight is 372 g/mol. The fourth-order valence-corrected chi connectivity index (χ4v) is 4.40.